The van der Waals surface area contributed by atoms with Gasteiger partial charge in [-0.2, -0.15) is 0 Å². The number of urea groups is 1. The summed E-state index contributed by atoms with van der Waals surface area (Å²) < 4.78 is 0. The van der Waals surface area contributed by atoms with E-state index in [4.69, 9.17) is 0 Å². The van der Waals surface area contributed by atoms with Gasteiger partial charge in [-0.05, 0) is 24.5 Å². The topological polar surface area (TPSA) is 58.2 Å². The SMILES string of the molecule is CC(=O)c1cccc(NC(=O)NCC(C)(C)C)c1. The summed E-state index contributed by atoms with van der Waals surface area (Å²) in [6.45, 7) is 8.22. The van der Waals surface area contributed by atoms with Crippen molar-refractivity contribution in [3.05, 3.63) is 29.8 Å². The number of anilines is 1. The van der Waals surface area contributed by atoms with Crippen LogP contribution in [-0.2, 0) is 0 Å². The van der Waals surface area contributed by atoms with Crippen LogP contribution in [0.4, 0.5) is 10.5 Å². The normalized spacial score (nSPS) is 10.9. The number of amides is 2. The number of nitrogens with one attached hydrogen (secondary N) is 2. The van der Waals surface area contributed by atoms with Crippen LogP contribution >= 0.6 is 0 Å². The van der Waals surface area contributed by atoms with Crippen molar-refractivity contribution >= 4 is 17.5 Å². The Labute approximate surface area is 108 Å². The number of carbonyl (C=O) groups excluding carboxylic acids is 2. The molecule has 1 aromatic rings. The maximum absolute atomic E-state index is 11.6. The lowest BCUT2D eigenvalue weighted by Crippen LogP contribution is -2.35. The van der Waals surface area contributed by atoms with Gasteiger partial charge in [-0.3, -0.25) is 4.79 Å². The Hall–Kier alpha value is -1.84. The number of ketones is 1. The summed E-state index contributed by atoms with van der Waals surface area (Å²) in [5.74, 6) is -0.0197. The highest BCUT2D eigenvalue weighted by Gasteiger charge is 2.12. The van der Waals surface area contributed by atoms with Gasteiger partial charge in [-0.25, -0.2) is 4.79 Å². The minimum atomic E-state index is -0.259. The molecule has 0 aliphatic carbocycles. The number of carbonyl (C=O) groups is 2. The largest absolute Gasteiger partial charge is 0.337 e. The molecule has 0 saturated carbocycles. The quantitative estimate of drug-likeness (QED) is 0.808. The number of hydrogen-bond donors (Lipinski definition) is 2. The van der Waals surface area contributed by atoms with E-state index in [0.29, 0.717) is 17.8 Å². The molecule has 0 fully saturated rings. The van der Waals surface area contributed by atoms with Crippen LogP contribution in [0, 0.1) is 5.41 Å². The zero-order valence-electron chi connectivity index (χ0n) is 11.3. The number of benzene rings is 1. The van der Waals surface area contributed by atoms with Crippen LogP contribution in [0.15, 0.2) is 24.3 Å². The number of hydrogen-bond acceptors (Lipinski definition) is 2. The molecule has 0 spiro atoms. The second-order valence-electron chi connectivity index (χ2n) is 5.51. The lowest BCUT2D eigenvalue weighted by atomic mass is 9.97. The minimum Gasteiger partial charge on any atom is -0.337 e. The molecule has 4 heteroatoms. The Morgan fingerprint density at radius 1 is 1.22 bits per heavy atom. The molecule has 2 amide bonds. The average Bonchev–Trinajstić information content (AvgIpc) is 2.26. The molecule has 0 radical (unpaired) electrons. The van der Waals surface area contributed by atoms with Gasteiger partial charge in [0.1, 0.15) is 0 Å². The lowest BCUT2D eigenvalue weighted by molar-refractivity contribution is 0.101. The zero-order chi connectivity index (χ0) is 13.8. The molecular formula is C14H20N2O2. The van der Waals surface area contributed by atoms with Crippen molar-refractivity contribution in [3.63, 3.8) is 0 Å². The average molecular weight is 248 g/mol. The first-order valence-electron chi connectivity index (χ1n) is 5.94. The van der Waals surface area contributed by atoms with Crippen LogP contribution in [-0.4, -0.2) is 18.4 Å². The first-order valence-corrected chi connectivity index (χ1v) is 5.94. The summed E-state index contributed by atoms with van der Waals surface area (Å²) in [5, 5.41) is 5.49. The van der Waals surface area contributed by atoms with Crippen molar-refractivity contribution in [2.24, 2.45) is 5.41 Å². The van der Waals surface area contributed by atoms with Crippen LogP contribution in [0.3, 0.4) is 0 Å². The highest BCUT2D eigenvalue weighted by molar-refractivity contribution is 5.96. The van der Waals surface area contributed by atoms with Crippen molar-refractivity contribution in [2.75, 3.05) is 11.9 Å². The Morgan fingerprint density at radius 3 is 2.44 bits per heavy atom. The maximum Gasteiger partial charge on any atom is 0.319 e. The van der Waals surface area contributed by atoms with E-state index in [2.05, 4.69) is 10.6 Å². The van der Waals surface area contributed by atoms with Gasteiger partial charge in [0, 0.05) is 17.8 Å². The van der Waals surface area contributed by atoms with E-state index in [1.54, 1.807) is 24.3 Å². The van der Waals surface area contributed by atoms with Crippen molar-refractivity contribution < 1.29 is 9.59 Å². The first kappa shape index (κ1) is 14.2. The molecule has 1 aromatic carbocycles. The van der Waals surface area contributed by atoms with Crippen LogP contribution in [0.1, 0.15) is 38.1 Å². The molecule has 0 atom stereocenters. The third-order valence-electron chi connectivity index (χ3n) is 2.31. The van der Waals surface area contributed by atoms with Crippen LogP contribution in [0.2, 0.25) is 0 Å². The van der Waals surface area contributed by atoms with E-state index in [0.717, 1.165) is 0 Å². The molecule has 0 unspecified atom stereocenters. The Morgan fingerprint density at radius 2 is 1.89 bits per heavy atom. The van der Waals surface area contributed by atoms with Crippen molar-refractivity contribution in [2.45, 2.75) is 27.7 Å². The van der Waals surface area contributed by atoms with Crippen molar-refractivity contribution in [3.8, 4) is 0 Å². The fourth-order valence-electron chi connectivity index (χ4n) is 1.34. The smallest absolute Gasteiger partial charge is 0.319 e. The predicted octanol–water partition coefficient (Wildman–Crippen LogP) is 3.06. The lowest BCUT2D eigenvalue weighted by Gasteiger charge is -2.19. The Kier molecular flexibility index (Phi) is 4.48. The van der Waals surface area contributed by atoms with E-state index in [9.17, 15) is 9.59 Å². The van der Waals surface area contributed by atoms with Gasteiger partial charge in [0.15, 0.2) is 5.78 Å². The van der Waals surface area contributed by atoms with Gasteiger partial charge in [-0.15, -0.1) is 0 Å². The maximum atomic E-state index is 11.6. The van der Waals surface area contributed by atoms with E-state index < -0.39 is 0 Å². The minimum absolute atomic E-state index is 0.0197. The molecule has 98 valence electrons. The summed E-state index contributed by atoms with van der Waals surface area (Å²) in [7, 11) is 0. The summed E-state index contributed by atoms with van der Waals surface area (Å²) in [5.41, 5.74) is 1.25. The van der Waals surface area contributed by atoms with Crippen LogP contribution in [0.25, 0.3) is 0 Å². The predicted molar refractivity (Wildman–Crippen MR) is 72.9 cm³/mol. The van der Waals surface area contributed by atoms with Crippen LogP contribution < -0.4 is 10.6 Å². The highest BCUT2D eigenvalue weighted by Crippen LogP contribution is 2.12. The molecule has 0 aromatic heterocycles. The molecule has 4 nitrogen and oxygen atoms in total. The number of Topliss-reactive ketones (excluding diaryl/α,β-unsaturated/α-hetero) is 1. The monoisotopic (exact) mass is 248 g/mol. The summed E-state index contributed by atoms with van der Waals surface area (Å²) in [4.78, 5) is 22.8. The molecule has 0 aliphatic rings. The molecule has 18 heavy (non-hydrogen) atoms. The highest BCUT2D eigenvalue weighted by atomic mass is 16.2. The molecular weight excluding hydrogens is 228 g/mol. The van der Waals surface area contributed by atoms with Crippen molar-refractivity contribution in [1.29, 1.82) is 0 Å². The summed E-state index contributed by atoms with van der Waals surface area (Å²) >= 11 is 0. The summed E-state index contributed by atoms with van der Waals surface area (Å²) in [6, 6.07) is 6.63. The molecule has 0 aliphatic heterocycles. The van der Waals surface area contributed by atoms with Gasteiger partial charge in [-0.1, -0.05) is 32.9 Å². The molecule has 0 heterocycles. The van der Waals surface area contributed by atoms with E-state index in [-0.39, 0.29) is 17.2 Å². The standard InChI is InChI=1S/C14H20N2O2/c1-10(17)11-6-5-7-12(8-11)16-13(18)15-9-14(2,3)4/h5-8H,9H2,1-4H3,(H2,15,16,18). The fourth-order valence-corrected chi connectivity index (χ4v) is 1.34. The van der Waals surface area contributed by atoms with Gasteiger partial charge >= 0.3 is 6.03 Å². The summed E-state index contributed by atoms with van der Waals surface area (Å²) in [6.07, 6.45) is 0. The third-order valence-corrected chi connectivity index (χ3v) is 2.31. The second-order valence-corrected chi connectivity index (χ2v) is 5.51. The van der Waals surface area contributed by atoms with Gasteiger partial charge in [0.2, 0.25) is 0 Å². The van der Waals surface area contributed by atoms with E-state index in [1.807, 2.05) is 20.8 Å². The second kappa shape index (κ2) is 5.67. The van der Waals surface area contributed by atoms with Gasteiger partial charge in [0.25, 0.3) is 0 Å². The molecule has 2 N–H and O–H groups in total. The third kappa shape index (κ3) is 4.99. The van der Waals surface area contributed by atoms with Crippen LogP contribution in [0.5, 0.6) is 0 Å². The van der Waals surface area contributed by atoms with Gasteiger partial charge in [0.05, 0.1) is 0 Å². The Balaban J connectivity index is 2.59. The Bertz CT molecular complexity index is 447. The zero-order valence-corrected chi connectivity index (χ0v) is 11.3. The van der Waals surface area contributed by atoms with Gasteiger partial charge < -0.3 is 10.6 Å². The number of rotatable bonds is 3. The van der Waals surface area contributed by atoms with E-state index >= 15 is 0 Å². The molecule has 0 bridgehead atoms. The first-order chi connectivity index (χ1) is 8.28. The van der Waals surface area contributed by atoms with E-state index in [1.165, 1.54) is 6.92 Å². The fraction of sp³-hybridized carbons (Fsp3) is 0.429. The van der Waals surface area contributed by atoms with Crippen molar-refractivity contribution in [1.82, 2.24) is 5.32 Å². The molecule has 0 saturated heterocycles. The molecule has 1 rings (SSSR count).